The Morgan fingerprint density at radius 1 is 1.50 bits per heavy atom. The van der Waals surface area contributed by atoms with E-state index in [1.165, 1.54) is 11.5 Å². The molecule has 0 aromatic carbocycles. The van der Waals surface area contributed by atoms with Crippen molar-refractivity contribution < 1.29 is 4.42 Å². The molecule has 0 radical (unpaired) electrons. The number of rotatable bonds is 2. The Hall–Kier alpha value is -1.50. The molecule has 0 aliphatic rings. The van der Waals surface area contributed by atoms with Crippen molar-refractivity contribution in [3.8, 4) is 10.8 Å². The maximum atomic E-state index is 10.7. The molecule has 0 saturated heterocycles. The van der Waals surface area contributed by atoms with Crippen molar-refractivity contribution in [2.24, 2.45) is 0 Å². The van der Waals surface area contributed by atoms with Crippen molar-refractivity contribution in [2.45, 2.75) is 19.8 Å². The van der Waals surface area contributed by atoms with Gasteiger partial charge in [-0.3, -0.25) is 0 Å². The number of aromatic amines is 1. The fourth-order valence-corrected chi connectivity index (χ4v) is 1.80. The van der Waals surface area contributed by atoms with Crippen LogP contribution in [-0.2, 0) is 0 Å². The first-order valence-corrected chi connectivity index (χ1v) is 4.84. The van der Waals surface area contributed by atoms with Gasteiger partial charge in [0.1, 0.15) is 4.88 Å². The summed E-state index contributed by atoms with van der Waals surface area (Å²) >= 11 is 1.17. The van der Waals surface area contributed by atoms with E-state index in [2.05, 4.69) is 19.8 Å². The van der Waals surface area contributed by atoms with Crippen LogP contribution in [0, 0.1) is 0 Å². The van der Waals surface area contributed by atoms with E-state index in [0.717, 1.165) is 5.69 Å². The van der Waals surface area contributed by atoms with Gasteiger partial charge in [-0.15, -0.1) is 10.2 Å². The third-order valence-electron chi connectivity index (χ3n) is 1.69. The molecular formula is C7H8N4O2S. The van der Waals surface area contributed by atoms with Crippen molar-refractivity contribution in [1.82, 2.24) is 19.8 Å². The standard InChI is InChI=1S/C7H8N4O2S/c1-3(2)4-5(14-11-8-4)6-9-10-7(12)13-6/h3H,1-2H3,(H,10,12). The predicted molar refractivity (Wildman–Crippen MR) is 50.1 cm³/mol. The number of hydrogen-bond acceptors (Lipinski definition) is 6. The largest absolute Gasteiger partial charge is 0.434 e. The monoisotopic (exact) mass is 212 g/mol. The summed E-state index contributed by atoms with van der Waals surface area (Å²) in [6.45, 7) is 3.98. The summed E-state index contributed by atoms with van der Waals surface area (Å²) in [5.41, 5.74) is 0.797. The van der Waals surface area contributed by atoms with E-state index in [0.29, 0.717) is 4.88 Å². The molecular weight excluding hydrogens is 204 g/mol. The van der Waals surface area contributed by atoms with E-state index >= 15 is 0 Å². The Labute approximate surface area is 83.1 Å². The van der Waals surface area contributed by atoms with Crippen LogP contribution in [0.2, 0.25) is 0 Å². The first-order valence-electron chi connectivity index (χ1n) is 4.06. The molecule has 0 unspecified atom stereocenters. The quantitative estimate of drug-likeness (QED) is 0.802. The van der Waals surface area contributed by atoms with Gasteiger partial charge in [-0.1, -0.05) is 18.3 Å². The van der Waals surface area contributed by atoms with Crippen LogP contribution < -0.4 is 5.76 Å². The highest BCUT2D eigenvalue weighted by Crippen LogP contribution is 2.27. The maximum absolute atomic E-state index is 10.7. The van der Waals surface area contributed by atoms with Gasteiger partial charge in [-0.2, -0.15) is 0 Å². The number of hydrogen-bond donors (Lipinski definition) is 1. The fraction of sp³-hybridized carbons (Fsp3) is 0.429. The zero-order chi connectivity index (χ0) is 10.1. The highest BCUT2D eigenvalue weighted by Gasteiger charge is 2.17. The average molecular weight is 212 g/mol. The minimum atomic E-state index is -0.567. The molecule has 1 N–H and O–H groups in total. The van der Waals surface area contributed by atoms with Gasteiger partial charge in [0.25, 0.3) is 5.89 Å². The molecule has 2 rings (SSSR count). The van der Waals surface area contributed by atoms with E-state index in [-0.39, 0.29) is 11.8 Å². The highest BCUT2D eigenvalue weighted by atomic mass is 32.1. The minimum absolute atomic E-state index is 0.228. The predicted octanol–water partition coefficient (Wildman–Crippen LogP) is 1.00. The van der Waals surface area contributed by atoms with Crippen LogP contribution in [-0.4, -0.2) is 19.8 Å². The number of H-pyrrole nitrogens is 1. The highest BCUT2D eigenvalue weighted by molar-refractivity contribution is 7.09. The molecule has 2 aromatic rings. The summed E-state index contributed by atoms with van der Waals surface area (Å²) in [6.07, 6.45) is 0. The van der Waals surface area contributed by atoms with Gasteiger partial charge in [0, 0.05) is 0 Å². The number of aromatic nitrogens is 4. The van der Waals surface area contributed by atoms with Gasteiger partial charge < -0.3 is 4.42 Å². The number of nitrogens with one attached hydrogen (secondary N) is 1. The van der Waals surface area contributed by atoms with Crippen molar-refractivity contribution in [3.05, 3.63) is 16.2 Å². The molecule has 2 heterocycles. The summed E-state index contributed by atoms with van der Waals surface area (Å²) in [6, 6.07) is 0. The van der Waals surface area contributed by atoms with Crippen LogP contribution in [0.15, 0.2) is 9.21 Å². The SMILES string of the molecule is CC(C)c1nnsc1-c1n[nH]c(=O)o1. The lowest BCUT2D eigenvalue weighted by molar-refractivity contribution is 0.527. The van der Waals surface area contributed by atoms with Crippen LogP contribution in [0.25, 0.3) is 10.8 Å². The summed E-state index contributed by atoms with van der Waals surface area (Å²) in [7, 11) is 0. The summed E-state index contributed by atoms with van der Waals surface area (Å²) in [4.78, 5) is 11.5. The van der Waals surface area contributed by atoms with Crippen molar-refractivity contribution in [1.29, 1.82) is 0 Å². The third-order valence-corrected chi connectivity index (χ3v) is 2.42. The lowest BCUT2D eigenvalue weighted by atomic mass is 10.1. The van der Waals surface area contributed by atoms with E-state index in [9.17, 15) is 4.79 Å². The smallest absolute Gasteiger partial charge is 0.387 e. The number of nitrogens with zero attached hydrogens (tertiary/aromatic N) is 3. The molecule has 0 fully saturated rings. The normalized spacial score (nSPS) is 11.1. The molecule has 0 amide bonds. The Balaban J connectivity index is 2.51. The Kier molecular flexibility index (Phi) is 2.16. The molecule has 14 heavy (non-hydrogen) atoms. The van der Waals surface area contributed by atoms with E-state index in [1.54, 1.807) is 0 Å². The van der Waals surface area contributed by atoms with Gasteiger partial charge in [-0.05, 0) is 17.5 Å². The fourth-order valence-electron chi connectivity index (χ4n) is 1.05. The second-order valence-electron chi connectivity index (χ2n) is 3.06. The molecule has 0 spiro atoms. The summed E-state index contributed by atoms with van der Waals surface area (Å²) in [5, 5.41) is 9.88. The summed E-state index contributed by atoms with van der Waals surface area (Å²) in [5.74, 6) is -0.0810. The minimum Gasteiger partial charge on any atom is -0.387 e. The molecule has 0 bridgehead atoms. The van der Waals surface area contributed by atoms with Crippen LogP contribution in [0.4, 0.5) is 0 Å². The summed E-state index contributed by atoms with van der Waals surface area (Å²) < 4.78 is 8.63. The van der Waals surface area contributed by atoms with Crippen molar-refractivity contribution in [2.75, 3.05) is 0 Å². The Bertz CT molecular complexity index is 484. The lowest BCUT2D eigenvalue weighted by Gasteiger charge is -1.98. The molecule has 0 aliphatic heterocycles. The zero-order valence-electron chi connectivity index (χ0n) is 7.64. The molecule has 74 valence electrons. The lowest BCUT2D eigenvalue weighted by Crippen LogP contribution is -1.93. The van der Waals surface area contributed by atoms with Crippen LogP contribution >= 0.6 is 11.5 Å². The second-order valence-corrected chi connectivity index (χ2v) is 3.81. The van der Waals surface area contributed by atoms with E-state index in [4.69, 9.17) is 4.42 Å². The molecule has 0 saturated carbocycles. The Morgan fingerprint density at radius 2 is 2.29 bits per heavy atom. The van der Waals surface area contributed by atoms with Crippen LogP contribution in [0.1, 0.15) is 25.5 Å². The molecule has 0 aliphatic carbocycles. The molecule has 7 heteroatoms. The second kappa shape index (κ2) is 3.33. The van der Waals surface area contributed by atoms with E-state index < -0.39 is 5.76 Å². The molecule has 0 atom stereocenters. The first kappa shape index (κ1) is 9.07. The zero-order valence-corrected chi connectivity index (χ0v) is 8.46. The average Bonchev–Trinajstić information content (AvgIpc) is 2.70. The van der Waals surface area contributed by atoms with Crippen molar-refractivity contribution in [3.63, 3.8) is 0 Å². The van der Waals surface area contributed by atoms with Gasteiger partial charge >= 0.3 is 5.76 Å². The van der Waals surface area contributed by atoms with Gasteiger partial charge in [0.2, 0.25) is 0 Å². The maximum Gasteiger partial charge on any atom is 0.434 e. The van der Waals surface area contributed by atoms with E-state index in [1.807, 2.05) is 13.8 Å². The Morgan fingerprint density at radius 3 is 2.86 bits per heavy atom. The van der Waals surface area contributed by atoms with Gasteiger partial charge in [-0.25, -0.2) is 9.89 Å². The first-order chi connectivity index (χ1) is 6.68. The van der Waals surface area contributed by atoms with Crippen LogP contribution in [0.5, 0.6) is 0 Å². The van der Waals surface area contributed by atoms with Gasteiger partial charge in [0.05, 0.1) is 5.69 Å². The molecule has 6 nitrogen and oxygen atoms in total. The third kappa shape index (κ3) is 1.46. The van der Waals surface area contributed by atoms with Crippen molar-refractivity contribution >= 4 is 11.5 Å². The van der Waals surface area contributed by atoms with Crippen LogP contribution in [0.3, 0.4) is 0 Å². The topological polar surface area (TPSA) is 84.7 Å². The molecule has 2 aromatic heterocycles. The van der Waals surface area contributed by atoms with Gasteiger partial charge in [0.15, 0.2) is 0 Å².